The summed E-state index contributed by atoms with van der Waals surface area (Å²) in [5.74, 6) is -1.52. The normalized spacial score (nSPS) is 12.2. The van der Waals surface area contributed by atoms with E-state index in [2.05, 4.69) is 10.0 Å². The topological polar surface area (TPSA) is 118 Å². The van der Waals surface area contributed by atoms with Crippen molar-refractivity contribution < 1.29 is 23.1 Å². The molecule has 1 amide bonds. The fraction of sp³-hybridized carbons (Fsp3) is 0.500. The molecule has 0 aliphatic heterocycles. The molecule has 0 saturated heterocycles. The van der Waals surface area contributed by atoms with Gasteiger partial charge in [0.05, 0.1) is 6.42 Å². The van der Waals surface area contributed by atoms with Crippen LogP contribution in [0.25, 0.3) is 0 Å². The smallest absolute Gasteiger partial charge is 0.305 e. The lowest BCUT2D eigenvalue weighted by Gasteiger charge is -2.23. The minimum absolute atomic E-state index is 0.0953. The van der Waals surface area contributed by atoms with Crippen molar-refractivity contribution in [1.82, 2.24) is 14.6 Å². The number of aromatic nitrogens is 1. The standard InChI is InChI=1S/C12H19N3O5S/c1-12(2,6-10(16)17)14-21(19,20)8-5-9(11(18)13-3)15(4)7-8/h5,7,14H,6H2,1-4H3,(H,13,18)(H,16,17). The second kappa shape index (κ2) is 5.86. The molecule has 1 aromatic heterocycles. The van der Waals surface area contributed by atoms with Crippen LogP contribution in [0.15, 0.2) is 17.2 Å². The summed E-state index contributed by atoms with van der Waals surface area (Å²) in [7, 11) is -0.931. The fourth-order valence-electron chi connectivity index (χ4n) is 1.87. The van der Waals surface area contributed by atoms with Crippen molar-refractivity contribution >= 4 is 21.9 Å². The highest BCUT2D eigenvalue weighted by Gasteiger charge is 2.30. The van der Waals surface area contributed by atoms with Gasteiger partial charge in [0, 0.05) is 25.8 Å². The lowest BCUT2D eigenvalue weighted by molar-refractivity contribution is -0.138. The summed E-state index contributed by atoms with van der Waals surface area (Å²) in [6, 6.07) is 1.23. The van der Waals surface area contributed by atoms with Gasteiger partial charge in [-0.2, -0.15) is 0 Å². The van der Waals surface area contributed by atoms with Crippen molar-refractivity contribution in [3.8, 4) is 0 Å². The van der Waals surface area contributed by atoms with Gasteiger partial charge in [-0.05, 0) is 19.9 Å². The van der Waals surface area contributed by atoms with E-state index in [1.54, 1.807) is 7.05 Å². The van der Waals surface area contributed by atoms with Crippen LogP contribution in [-0.4, -0.2) is 42.6 Å². The first-order valence-electron chi connectivity index (χ1n) is 6.13. The molecule has 0 aliphatic carbocycles. The Bertz CT molecular complexity index is 660. The van der Waals surface area contributed by atoms with Gasteiger partial charge in [-0.15, -0.1) is 0 Å². The summed E-state index contributed by atoms with van der Waals surface area (Å²) in [5.41, 5.74) is -0.956. The van der Waals surface area contributed by atoms with E-state index in [1.807, 2.05) is 0 Å². The number of nitrogens with one attached hydrogen (secondary N) is 2. The third kappa shape index (κ3) is 4.30. The van der Waals surface area contributed by atoms with E-state index in [9.17, 15) is 18.0 Å². The van der Waals surface area contributed by atoms with Crippen molar-refractivity contribution in [2.45, 2.75) is 30.7 Å². The number of hydrogen-bond donors (Lipinski definition) is 3. The van der Waals surface area contributed by atoms with Crippen LogP contribution in [0.4, 0.5) is 0 Å². The van der Waals surface area contributed by atoms with Crippen molar-refractivity contribution in [1.29, 1.82) is 0 Å². The molecule has 0 radical (unpaired) electrons. The van der Waals surface area contributed by atoms with Crippen LogP contribution >= 0.6 is 0 Å². The average molecular weight is 317 g/mol. The van der Waals surface area contributed by atoms with Crippen LogP contribution in [0, 0.1) is 0 Å². The molecule has 0 fully saturated rings. The lowest BCUT2D eigenvalue weighted by atomic mass is 10.0. The number of amides is 1. The van der Waals surface area contributed by atoms with E-state index in [0.717, 1.165) is 0 Å². The van der Waals surface area contributed by atoms with Crippen molar-refractivity contribution in [3.05, 3.63) is 18.0 Å². The van der Waals surface area contributed by atoms with Gasteiger partial charge in [0.25, 0.3) is 5.91 Å². The lowest BCUT2D eigenvalue weighted by Crippen LogP contribution is -2.44. The van der Waals surface area contributed by atoms with E-state index in [4.69, 9.17) is 5.11 Å². The number of carboxylic acid groups (broad SMARTS) is 1. The molecular formula is C12H19N3O5S. The molecule has 1 rings (SSSR count). The first-order valence-corrected chi connectivity index (χ1v) is 7.61. The van der Waals surface area contributed by atoms with Gasteiger partial charge < -0.3 is 15.0 Å². The number of carbonyl (C=O) groups is 2. The van der Waals surface area contributed by atoms with Crippen LogP contribution < -0.4 is 10.0 Å². The second-order valence-corrected chi connectivity index (χ2v) is 6.99. The Labute approximate surface area is 123 Å². The molecule has 3 N–H and O–H groups in total. The zero-order valence-electron chi connectivity index (χ0n) is 12.3. The van der Waals surface area contributed by atoms with Gasteiger partial charge in [-0.25, -0.2) is 13.1 Å². The molecule has 0 aromatic carbocycles. The summed E-state index contributed by atoms with van der Waals surface area (Å²) >= 11 is 0. The Kier molecular flexibility index (Phi) is 4.79. The zero-order valence-corrected chi connectivity index (χ0v) is 13.1. The van der Waals surface area contributed by atoms with Gasteiger partial charge in [-0.3, -0.25) is 9.59 Å². The number of sulfonamides is 1. The van der Waals surface area contributed by atoms with Gasteiger partial charge in [0.15, 0.2) is 0 Å². The SMILES string of the molecule is CNC(=O)c1cc(S(=O)(=O)NC(C)(C)CC(=O)O)cn1C. The highest BCUT2D eigenvalue weighted by Crippen LogP contribution is 2.18. The molecule has 0 atom stereocenters. The Morgan fingerprint density at radius 3 is 2.43 bits per heavy atom. The van der Waals surface area contributed by atoms with Gasteiger partial charge in [-0.1, -0.05) is 0 Å². The summed E-state index contributed by atoms with van der Waals surface area (Å²) in [4.78, 5) is 22.2. The molecular weight excluding hydrogens is 298 g/mol. The number of rotatable bonds is 6. The number of aryl methyl sites for hydroxylation is 1. The number of carbonyl (C=O) groups excluding carboxylic acids is 1. The van der Waals surface area contributed by atoms with Crippen LogP contribution in [0.5, 0.6) is 0 Å². The molecule has 0 bridgehead atoms. The van der Waals surface area contributed by atoms with Crippen LogP contribution in [0.1, 0.15) is 30.8 Å². The molecule has 0 spiro atoms. The maximum atomic E-state index is 12.3. The molecule has 0 saturated carbocycles. The molecule has 118 valence electrons. The number of aliphatic carboxylic acids is 1. The molecule has 21 heavy (non-hydrogen) atoms. The highest BCUT2D eigenvalue weighted by molar-refractivity contribution is 7.89. The number of nitrogens with zero attached hydrogens (tertiary/aromatic N) is 1. The predicted octanol–water partition coefficient (Wildman–Crippen LogP) is -0.0837. The van der Waals surface area contributed by atoms with Crippen LogP contribution in [0.2, 0.25) is 0 Å². The average Bonchev–Trinajstić information content (AvgIpc) is 2.67. The van der Waals surface area contributed by atoms with E-state index >= 15 is 0 Å². The Morgan fingerprint density at radius 1 is 1.38 bits per heavy atom. The maximum Gasteiger partial charge on any atom is 0.305 e. The predicted molar refractivity (Wildman–Crippen MR) is 75.5 cm³/mol. The molecule has 0 unspecified atom stereocenters. The Hall–Kier alpha value is -1.87. The summed E-state index contributed by atoms with van der Waals surface area (Å²) in [6.07, 6.45) is 0.936. The van der Waals surface area contributed by atoms with Gasteiger partial charge in [0.2, 0.25) is 10.0 Å². The first-order chi connectivity index (χ1) is 9.48. The summed E-state index contributed by atoms with van der Waals surface area (Å²) < 4.78 is 28.2. The van der Waals surface area contributed by atoms with Gasteiger partial charge in [0.1, 0.15) is 10.6 Å². The van der Waals surface area contributed by atoms with Crippen molar-refractivity contribution in [2.75, 3.05) is 7.05 Å². The van der Waals surface area contributed by atoms with E-state index in [1.165, 1.54) is 37.7 Å². The van der Waals surface area contributed by atoms with E-state index < -0.39 is 27.4 Å². The van der Waals surface area contributed by atoms with Crippen LogP contribution in [0.3, 0.4) is 0 Å². The summed E-state index contributed by atoms with van der Waals surface area (Å²) in [6.45, 7) is 2.95. The zero-order chi connectivity index (χ0) is 16.4. The van der Waals surface area contributed by atoms with E-state index in [0.29, 0.717) is 0 Å². The molecule has 1 aromatic rings. The largest absolute Gasteiger partial charge is 0.481 e. The maximum absolute atomic E-state index is 12.3. The minimum atomic E-state index is -3.92. The Morgan fingerprint density at radius 2 is 1.95 bits per heavy atom. The quantitative estimate of drug-likeness (QED) is 0.678. The van der Waals surface area contributed by atoms with Crippen LogP contribution in [-0.2, 0) is 21.9 Å². The second-order valence-electron chi connectivity index (χ2n) is 5.31. The summed E-state index contributed by atoms with van der Waals surface area (Å²) in [5, 5.41) is 11.2. The van der Waals surface area contributed by atoms with Crippen molar-refractivity contribution in [3.63, 3.8) is 0 Å². The molecule has 9 heteroatoms. The van der Waals surface area contributed by atoms with Crippen molar-refractivity contribution in [2.24, 2.45) is 7.05 Å². The Balaban J connectivity index is 3.09. The molecule has 1 heterocycles. The highest BCUT2D eigenvalue weighted by atomic mass is 32.2. The van der Waals surface area contributed by atoms with Gasteiger partial charge >= 0.3 is 5.97 Å². The first kappa shape index (κ1) is 17.2. The minimum Gasteiger partial charge on any atom is -0.481 e. The third-order valence-electron chi connectivity index (χ3n) is 2.75. The fourth-order valence-corrected chi connectivity index (χ4v) is 3.35. The monoisotopic (exact) mass is 317 g/mol. The van der Waals surface area contributed by atoms with E-state index in [-0.39, 0.29) is 17.0 Å². The number of carboxylic acids is 1. The molecule has 0 aliphatic rings. The molecule has 8 nitrogen and oxygen atoms in total. The number of hydrogen-bond acceptors (Lipinski definition) is 4. The third-order valence-corrected chi connectivity index (χ3v) is 4.42.